The molecule has 2 aliphatic heterocycles. The standard InChI is InChI=1S/C14H20N2O3S.ClH/c15-10-12-3-1-2-7-16(12)20(17,18)13-4-5-14-11(9-13)6-8-19-14;/h4-5,9,12H,1-3,6-8,10,15H2;1H. The number of rotatable bonds is 3. The Balaban J connectivity index is 0.00000161. The molecule has 0 bridgehead atoms. The molecule has 0 spiro atoms. The quantitative estimate of drug-likeness (QED) is 0.911. The first-order valence-corrected chi connectivity index (χ1v) is 8.54. The molecule has 0 radical (unpaired) electrons. The van der Waals surface area contributed by atoms with Crippen molar-refractivity contribution in [1.82, 2.24) is 4.31 Å². The Morgan fingerprint density at radius 2 is 2.14 bits per heavy atom. The molecule has 21 heavy (non-hydrogen) atoms. The zero-order valence-corrected chi connectivity index (χ0v) is 13.5. The van der Waals surface area contributed by atoms with E-state index in [1.54, 1.807) is 22.5 Å². The number of hydrogen-bond donors (Lipinski definition) is 1. The van der Waals surface area contributed by atoms with Gasteiger partial charge in [-0.25, -0.2) is 8.42 Å². The molecule has 2 N–H and O–H groups in total. The van der Waals surface area contributed by atoms with Crippen LogP contribution in [0, 0.1) is 0 Å². The van der Waals surface area contributed by atoms with Crippen LogP contribution in [0.15, 0.2) is 23.1 Å². The lowest BCUT2D eigenvalue weighted by Crippen LogP contribution is -2.47. The summed E-state index contributed by atoms with van der Waals surface area (Å²) in [5, 5.41) is 0. The fourth-order valence-electron chi connectivity index (χ4n) is 2.98. The molecule has 1 unspecified atom stereocenters. The lowest BCUT2D eigenvalue weighted by Gasteiger charge is -2.33. The highest BCUT2D eigenvalue weighted by Gasteiger charge is 2.33. The third-order valence-corrected chi connectivity index (χ3v) is 6.06. The Morgan fingerprint density at radius 1 is 1.33 bits per heavy atom. The zero-order chi connectivity index (χ0) is 14.2. The predicted octanol–water partition coefficient (Wildman–Crippen LogP) is 1.55. The molecule has 2 heterocycles. The summed E-state index contributed by atoms with van der Waals surface area (Å²) < 4.78 is 32.6. The van der Waals surface area contributed by atoms with Gasteiger partial charge in [0.1, 0.15) is 5.75 Å². The maximum Gasteiger partial charge on any atom is 0.243 e. The molecule has 5 nitrogen and oxygen atoms in total. The fraction of sp³-hybridized carbons (Fsp3) is 0.571. The monoisotopic (exact) mass is 332 g/mol. The number of fused-ring (bicyclic) bond motifs is 1. The van der Waals surface area contributed by atoms with Crippen molar-refractivity contribution < 1.29 is 13.2 Å². The van der Waals surface area contributed by atoms with Gasteiger partial charge in [-0.1, -0.05) is 6.42 Å². The van der Waals surface area contributed by atoms with Crippen molar-refractivity contribution in [2.24, 2.45) is 5.73 Å². The molecule has 0 aromatic heterocycles. The molecule has 2 aliphatic rings. The number of sulfonamides is 1. The van der Waals surface area contributed by atoms with Gasteiger partial charge in [0.2, 0.25) is 10.0 Å². The molecule has 0 amide bonds. The molecule has 1 saturated heterocycles. The van der Waals surface area contributed by atoms with E-state index in [0.717, 1.165) is 37.0 Å². The number of piperidine rings is 1. The molecule has 1 atom stereocenters. The van der Waals surface area contributed by atoms with E-state index in [-0.39, 0.29) is 18.4 Å². The van der Waals surface area contributed by atoms with E-state index < -0.39 is 10.0 Å². The number of ether oxygens (including phenoxy) is 1. The Kier molecular flexibility index (Phi) is 5.14. The summed E-state index contributed by atoms with van der Waals surface area (Å²) in [7, 11) is -3.45. The van der Waals surface area contributed by atoms with Crippen LogP contribution in [0.3, 0.4) is 0 Å². The second-order valence-corrected chi connectivity index (χ2v) is 7.26. The Bertz CT molecular complexity index is 606. The highest BCUT2D eigenvalue weighted by molar-refractivity contribution is 7.89. The maximum absolute atomic E-state index is 12.8. The van der Waals surface area contributed by atoms with Gasteiger partial charge in [0.05, 0.1) is 11.5 Å². The molecule has 118 valence electrons. The fourth-order valence-corrected chi connectivity index (χ4v) is 4.74. The molecular weight excluding hydrogens is 312 g/mol. The largest absolute Gasteiger partial charge is 0.493 e. The highest BCUT2D eigenvalue weighted by atomic mass is 35.5. The molecular formula is C14H21ClN2O3S. The van der Waals surface area contributed by atoms with Gasteiger partial charge in [0.15, 0.2) is 0 Å². The zero-order valence-electron chi connectivity index (χ0n) is 11.8. The average Bonchev–Trinajstić information content (AvgIpc) is 2.94. The van der Waals surface area contributed by atoms with E-state index in [1.807, 2.05) is 0 Å². The summed E-state index contributed by atoms with van der Waals surface area (Å²) in [4.78, 5) is 0.363. The normalized spacial score (nSPS) is 22.2. The first kappa shape index (κ1) is 16.5. The van der Waals surface area contributed by atoms with Crippen molar-refractivity contribution in [1.29, 1.82) is 0 Å². The van der Waals surface area contributed by atoms with Crippen LogP contribution in [0.25, 0.3) is 0 Å². The van der Waals surface area contributed by atoms with Gasteiger partial charge in [0, 0.05) is 25.6 Å². The summed E-state index contributed by atoms with van der Waals surface area (Å²) in [6.07, 6.45) is 3.58. The number of halogens is 1. The average molecular weight is 333 g/mol. The van der Waals surface area contributed by atoms with Crippen molar-refractivity contribution in [3.8, 4) is 5.75 Å². The van der Waals surface area contributed by atoms with Crippen LogP contribution in [-0.4, -0.2) is 38.5 Å². The first-order chi connectivity index (χ1) is 9.63. The molecule has 0 saturated carbocycles. The maximum atomic E-state index is 12.8. The minimum atomic E-state index is -3.45. The lowest BCUT2D eigenvalue weighted by atomic mass is 10.1. The van der Waals surface area contributed by atoms with Crippen LogP contribution in [0.4, 0.5) is 0 Å². The molecule has 1 aromatic carbocycles. The van der Waals surface area contributed by atoms with Crippen LogP contribution in [0.1, 0.15) is 24.8 Å². The van der Waals surface area contributed by atoms with Gasteiger partial charge in [-0.2, -0.15) is 4.31 Å². The van der Waals surface area contributed by atoms with Crippen molar-refractivity contribution in [2.45, 2.75) is 36.6 Å². The Morgan fingerprint density at radius 3 is 2.90 bits per heavy atom. The summed E-state index contributed by atoms with van der Waals surface area (Å²) >= 11 is 0. The van der Waals surface area contributed by atoms with Crippen LogP contribution in [-0.2, 0) is 16.4 Å². The summed E-state index contributed by atoms with van der Waals surface area (Å²) in [6, 6.07) is 5.08. The predicted molar refractivity (Wildman–Crippen MR) is 83.5 cm³/mol. The highest BCUT2D eigenvalue weighted by Crippen LogP contribution is 2.30. The van der Waals surface area contributed by atoms with E-state index in [9.17, 15) is 8.42 Å². The van der Waals surface area contributed by atoms with Gasteiger partial charge >= 0.3 is 0 Å². The van der Waals surface area contributed by atoms with Crippen molar-refractivity contribution in [3.63, 3.8) is 0 Å². The van der Waals surface area contributed by atoms with Gasteiger partial charge in [-0.15, -0.1) is 12.4 Å². The van der Waals surface area contributed by atoms with Crippen LogP contribution in [0.2, 0.25) is 0 Å². The Labute approximate surface area is 131 Å². The van der Waals surface area contributed by atoms with Crippen LogP contribution >= 0.6 is 12.4 Å². The molecule has 7 heteroatoms. The lowest BCUT2D eigenvalue weighted by molar-refractivity contribution is 0.257. The van der Waals surface area contributed by atoms with Gasteiger partial charge in [0.25, 0.3) is 0 Å². The van der Waals surface area contributed by atoms with E-state index in [1.165, 1.54) is 0 Å². The molecule has 0 aliphatic carbocycles. The van der Waals surface area contributed by atoms with E-state index in [0.29, 0.717) is 24.6 Å². The van der Waals surface area contributed by atoms with Crippen molar-refractivity contribution >= 4 is 22.4 Å². The Hall–Kier alpha value is -0.820. The van der Waals surface area contributed by atoms with E-state index in [4.69, 9.17) is 10.5 Å². The summed E-state index contributed by atoms with van der Waals surface area (Å²) in [5.74, 6) is 0.804. The number of benzene rings is 1. The summed E-state index contributed by atoms with van der Waals surface area (Å²) in [6.45, 7) is 1.58. The van der Waals surface area contributed by atoms with Crippen LogP contribution < -0.4 is 10.5 Å². The molecule has 1 aromatic rings. The third kappa shape index (κ3) is 3.04. The van der Waals surface area contributed by atoms with Gasteiger partial charge in [-0.3, -0.25) is 0 Å². The third-order valence-electron chi connectivity index (χ3n) is 4.11. The molecule has 1 fully saturated rings. The van der Waals surface area contributed by atoms with Crippen molar-refractivity contribution in [2.75, 3.05) is 19.7 Å². The van der Waals surface area contributed by atoms with Gasteiger partial charge in [-0.05, 0) is 36.6 Å². The van der Waals surface area contributed by atoms with Crippen LogP contribution in [0.5, 0.6) is 5.75 Å². The van der Waals surface area contributed by atoms with Gasteiger partial charge < -0.3 is 10.5 Å². The number of nitrogens with zero attached hydrogens (tertiary/aromatic N) is 1. The minimum absolute atomic E-state index is 0. The van der Waals surface area contributed by atoms with E-state index in [2.05, 4.69) is 0 Å². The first-order valence-electron chi connectivity index (χ1n) is 7.10. The summed E-state index contributed by atoms with van der Waals surface area (Å²) in [5.41, 5.74) is 6.71. The van der Waals surface area contributed by atoms with E-state index >= 15 is 0 Å². The second-order valence-electron chi connectivity index (χ2n) is 5.37. The minimum Gasteiger partial charge on any atom is -0.493 e. The smallest absolute Gasteiger partial charge is 0.243 e. The van der Waals surface area contributed by atoms with Crippen molar-refractivity contribution in [3.05, 3.63) is 23.8 Å². The number of nitrogens with two attached hydrogens (primary N) is 1. The second kappa shape index (κ2) is 6.52. The molecule has 3 rings (SSSR count). The SMILES string of the molecule is Cl.NCC1CCCCN1S(=O)(=O)c1ccc2c(c1)CCO2. The topological polar surface area (TPSA) is 72.6 Å². The number of hydrogen-bond acceptors (Lipinski definition) is 4.